The summed E-state index contributed by atoms with van der Waals surface area (Å²) in [5.74, 6) is 0. The number of rotatable bonds is 5. The number of nitrogens with zero attached hydrogens (tertiary/aromatic N) is 1. The van der Waals surface area contributed by atoms with Crippen molar-refractivity contribution in [2.24, 2.45) is 5.73 Å². The van der Waals surface area contributed by atoms with Crippen molar-refractivity contribution in [3.8, 4) is 0 Å². The fourth-order valence-corrected chi connectivity index (χ4v) is 3.08. The Hall–Kier alpha value is -0.860. The van der Waals surface area contributed by atoms with Crippen molar-refractivity contribution in [2.75, 3.05) is 13.6 Å². The second kappa shape index (κ2) is 6.35. The molecule has 2 rings (SSSR count). The predicted molar refractivity (Wildman–Crippen MR) is 77.6 cm³/mol. The first-order valence-electron chi connectivity index (χ1n) is 7.27. The van der Waals surface area contributed by atoms with Crippen LogP contribution in [-0.4, -0.2) is 24.5 Å². The highest BCUT2D eigenvalue weighted by Gasteiger charge is 2.25. The molecule has 2 nitrogen and oxygen atoms in total. The minimum Gasteiger partial charge on any atom is -0.329 e. The van der Waals surface area contributed by atoms with E-state index in [0.717, 1.165) is 12.5 Å². The van der Waals surface area contributed by atoms with E-state index in [2.05, 4.69) is 43.1 Å². The van der Waals surface area contributed by atoms with Gasteiger partial charge in [-0.25, -0.2) is 0 Å². The van der Waals surface area contributed by atoms with Crippen LogP contribution >= 0.6 is 0 Å². The summed E-state index contributed by atoms with van der Waals surface area (Å²) in [6.07, 6.45) is 6.52. The van der Waals surface area contributed by atoms with Gasteiger partial charge in [0, 0.05) is 18.6 Å². The Morgan fingerprint density at radius 3 is 2.33 bits per heavy atom. The Labute approximate surface area is 111 Å². The lowest BCUT2D eigenvalue weighted by Crippen LogP contribution is -2.37. The maximum Gasteiger partial charge on any atom is 0.0470 e. The number of likely N-dealkylation sites (N-methyl/N-ethyl adjacent to an activating group) is 1. The molecule has 1 aromatic rings. The van der Waals surface area contributed by atoms with Crippen LogP contribution in [0.15, 0.2) is 24.3 Å². The van der Waals surface area contributed by atoms with Crippen LogP contribution in [0.2, 0.25) is 0 Å². The summed E-state index contributed by atoms with van der Waals surface area (Å²) in [4.78, 5) is 2.49. The molecule has 0 bridgehead atoms. The fraction of sp³-hybridized carbons (Fsp3) is 0.625. The molecule has 2 heteroatoms. The van der Waals surface area contributed by atoms with E-state index in [1.165, 1.54) is 36.8 Å². The maximum atomic E-state index is 6.00. The van der Waals surface area contributed by atoms with E-state index in [9.17, 15) is 0 Å². The third kappa shape index (κ3) is 2.93. The largest absolute Gasteiger partial charge is 0.329 e. The zero-order chi connectivity index (χ0) is 13.0. The van der Waals surface area contributed by atoms with Crippen molar-refractivity contribution < 1.29 is 0 Å². The molecule has 0 aliphatic heterocycles. The van der Waals surface area contributed by atoms with Gasteiger partial charge < -0.3 is 5.73 Å². The summed E-state index contributed by atoms with van der Waals surface area (Å²) >= 11 is 0. The Morgan fingerprint density at radius 1 is 1.22 bits per heavy atom. The summed E-state index contributed by atoms with van der Waals surface area (Å²) in [6, 6.07) is 10.1. The first-order valence-corrected chi connectivity index (χ1v) is 7.27. The molecule has 2 N–H and O–H groups in total. The van der Waals surface area contributed by atoms with E-state index in [0.29, 0.717) is 12.6 Å². The van der Waals surface area contributed by atoms with Gasteiger partial charge in [0.25, 0.3) is 0 Å². The quantitative estimate of drug-likeness (QED) is 0.865. The highest BCUT2D eigenvalue weighted by molar-refractivity contribution is 5.25. The number of hydrogen-bond acceptors (Lipinski definition) is 2. The van der Waals surface area contributed by atoms with Crippen molar-refractivity contribution in [3.63, 3.8) is 0 Å². The summed E-state index contributed by atoms with van der Waals surface area (Å²) in [5, 5.41) is 0. The lowest BCUT2D eigenvalue weighted by atomic mass is 10.0. The van der Waals surface area contributed by atoms with Gasteiger partial charge in [0.1, 0.15) is 0 Å². The lowest BCUT2D eigenvalue weighted by Gasteiger charge is -2.32. The van der Waals surface area contributed by atoms with Gasteiger partial charge in [0.05, 0.1) is 0 Å². The Kier molecular flexibility index (Phi) is 4.79. The van der Waals surface area contributed by atoms with Crippen LogP contribution in [0.1, 0.15) is 49.8 Å². The van der Waals surface area contributed by atoms with Gasteiger partial charge >= 0.3 is 0 Å². The van der Waals surface area contributed by atoms with Gasteiger partial charge in [-0.1, -0.05) is 44.0 Å². The van der Waals surface area contributed by atoms with Crippen LogP contribution in [0.5, 0.6) is 0 Å². The molecule has 0 amide bonds. The van der Waals surface area contributed by atoms with Gasteiger partial charge in [-0.2, -0.15) is 0 Å². The minimum absolute atomic E-state index is 0.374. The summed E-state index contributed by atoms with van der Waals surface area (Å²) in [5.41, 5.74) is 8.77. The average molecular weight is 246 g/mol. The molecule has 0 radical (unpaired) electrons. The maximum absolute atomic E-state index is 6.00. The number of nitrogens with two attached hydrogens (primary N) is 1. The van der Waals surface area contributed by atoms with Gasteiger partial charge in [0.15, 0.2) is 0 Å². The Morgan fingerprint density at radius 2 is 1.83 bits per heavy atom. The third-order valence-corrected chi connectivity index (χ3v) is 4.39. The minimum atomic E-state index is 0.374. The first-order chi connectivity index (χ1) is 8.76. The van der Waals surface area contributed by atoms with Crippen LogP contribution in [0, 0.1) is 0 Å². The highest BCUT2D eigenvalue weighted by atomic mass is 15.2. The summed E-state index contributed by atoms with van der Waals surface area (Å²) in [6.45, 7) is 2.90. The molecule has 0 saturated heterocycles. The van der Waals surface area contributed by atoms with Gasteiger partial charge in [-0.3, -0.25) is 4.90 Å². The van der Waals surface area contributed by atoms with Crippen molar-refractivity contribution in [2.45, 2.75) is 51.1 Å². The van der Waals surface area contributed by atoms with Gasteiger partial charge in [0.2, 0.25) is 0 Å². The van der Waals surface area contributed by atoms with Crippen molar-refractivity contribution in [3.05, 3.63) is 35.4 Å². The second-order valence-electron chi connectivity index (χ2n) is 5.45. The van der Waals surface area contributed by atoms with Crippen molar-refractivity contribution >= 4 is 0 Å². The third-order valence-electron chi connectivity index (χ3n) is 4.39. The molecule has 100 valence electrons. The molecule has 1 unspecified atom stereocenters. The normalized spacial score (nSPS) is 18.4. The molecule has 1 aliphatic rings. The van der Waals surface area contributed by atoms with E-state index in [4.69, 9.17) is 5.73 Å². The summed E-state index contributed by atoms with van der Waals surface area (Å²) < 4.78 is 0. The molecular weight excluding hydrogens is 220 g/mol. The molecule has 1 aliphatic carbocycles. The van der Waals surface area contributed by atoms with E-state index in [-0.39, 0.29) is 0 Å². The molecular formula is C16H26N2. The highest BCUT2D eigenvalue weighted by Crippen LogP contribution is 2.29. The van der Waals surface area contributed by atoms with Crippen LogP contribution in [0.3, 0.4) is 0 Å². The average Bonchev–Trinajstić information content (AvgIpc) is 2.94. The number of benzene rings is 1. The lowest BCUT2D eigenvalue weighted by molar-refractivity contribution is 0.179. The molecule has 1 atom stereocenters. The van der Waals surface area contributed by atoms with E-state index >= 15 is 0 Å². The molecule has 1 aromatic carbocycles. The van der Waals surface area contributed by atoms with Crippen LogP contribution in [0.25, 0.3) is 0 Å². The monoisotopic (exact) mass is 246 g/mol. The zero-order valence-corrected chi connectivity index (χ0v) is 11.7. The fourth-order valence-electron chi connectivity index (χ4n) is 3.08. The van der Waals surface area contributed by atoms with Crippen molar-refractivity contribution in [1.29, 1.82) is 0 Å². The van der Waals surface area contributed by atoms with Gasteiger partial charge in [-0.15, -0.1) is 0 Å². The topological polar surface area (TPSA) is 29.3 Å². The van der Waals surface area contributed by atoms with Crippen molar-refractivity contribution in [1.82, 2.24) is 4.90 Å². The van der Waals surface area contributed by atoms with Crippen LogP contribution < -0.4 is 5.73 Å². The van der Waals surface area contributed by atoms with E-state index in [1.54, 1.807) is 0 Å². The standard InChI is InChI=1S/C16H26N2/c1-3-13-8-10-14(11-9-13)16(12-17)18(2)15-6-4-5-7-15/h8-11,15-16H,3-7,12,17H2,1-2H3. The van der Waals surface area contributed by atoms with Crippen LogP contribution in [-0.2, 0) is 6.42 Å². The predicted octanol–water partition coefficient (Wildman–Crippen LogP) is 3.12. The first kappa shape index (κ1) is 13.6. The molecule has 18 heavy (non-hydrogen) atoms. The van der Waals surface area contributed by atoms with E-state index < -0.39 is 0 Å². The smallest absolute Gasteiger partial charge is 0.0470 e. The zero-order valence-electron chi connectivity index (χ0n) is 11.7. The number of aryl methyl sites for hydroxylation is 1. The molecule has 0 spiro atoms. The van der Waals surface area contributed by atoms with Crippen LogP contribution in [0.4, 0.5) is 0 Å². The SMILES string of the molecule is CCc1ccc(C(CN)N(C)C2CCCC2)cc1. The molecule has 0 aromatic heterocycles. The Balaban J connectivity index is 2.10. The second-order valence-corrected chi connectivity index (χ2v) is 5.45. The Bertz CT molecular complexity index is 352. The number of hydrogen-bond donors (Lipinski definition) is 1. The molecule has 1 saturated carbocycles. The summed E-state index contributed by atoms with van der Waals surface area (Å²) in [7, 11) is 2.24. The van der Waals surface area contributed by atoms with E-state index in [1.807, 2.05) is 0 Å². The molecule has 1 fully saturated rings. The van der Waals surface area contributed by atoms with Gasteiger partial charge in [-0.05, 0) is 37.4 Å². The molecule has 0 heterocycles.